The maximum absolute atomic E-state index is 10.5. The maximum atomic E-state index is 10.5. The fourth-order valence-corrected chi connectivity index (χ4v) is 2.88. The molecule has 0 aliphatic heterocycles. The minimum atomic E-state index is -0.500. The van der Waals surface area contributed by atoms with E-state index in [9.17, 15) is 5.11 Å². The van der Waals surface area contributed by atoms with Crippen molar-refractivity contribution in [3.8, 4) is 0 Å². The summed E-state index contributed by atoms with van der Waals surface area (Å²) in [7, 11) is 0. The van der Waals surface area contributed by atoms with Gasteiger partial charge in [0.05, 0.1) is 5.60 Å². The summed E-state index contributed by atoms with van der Waals surface area (Å²) in [4.78, 5) is 0. The van der Waals surface area contributed by atoms with Crippen molar-refractivity contribution in [2.45, 2.75) is 71.3 Å². The molecule has 1 saturated carbocycles. The van der Waals surface area contributed by atoms with E-state index in [-0.39, 0.29) is 5.41 Å². The Bertz CT molecular complexity index is 334. The highest BCUT2D eigenvalue weighted by atomic mass is 16.4. The summed E-state index contributed by atoms with van der Waals surface area (Å²) in [6, 6.07) is 0. The third kappa shape index (κ3) is 6.22. The first-order valence-electron chi connectivity index (χ1n) is 8.20. The van der Waals surface area contributed by atoms with Crippen LogP contribution in [0.1, 0.15) is 65.7 Å². The number of hydrogen-bond acceptors (Lipinski definition) is 4. The Morgan fingerprint density at radius 3 is 2.52 bits per heavy atom. The van der Waals surface area contributed by atoms with E-state index in [0.717, 1.165) is 57.4 Å². The maximum Gasteiger partial charge on any atom is 0.144 e. The summed E-state index contributed by atoms with van der Waals surface area (Å²) >= 11 is 0. The van der Waals surface area contributed by atoms with E-state index in [1.54, 1.807) is 0 Å². The molecular formula is C16H33N3O2. The van der Waals surface area contributed by atoms with E-state index in [4.69, 9.17) is 10.9 Å². The molecule has 0 amide bonds. The molecule has 1 aliphatic carbocycles. The van der Waals surface area contributed by atoms with Gasteiger partial charge in [-0.2, -0.15) is 0 Å². The number of amidine groups is 1. The van der Waals surface area contributed by atoms with Crippen LogP contribution >= 0.6 is 0 Å². The second-order valence-electron chi connectivity index (χ2n) is 7.41. The number of rotatable bonds is 8. The van der Waals surface area contributed by atoms with E-state index in [1.165, 1.54) is 0 Å². The van der Waals surface area contributed by atoms with Gasteiger partial charge in [-0.25, -0.2) is 0 Å². The Balaban J connectivity index is 2.12. The molecule has 0 atom stereocenters. The number of nitrogens with zero attached hydrogens (tertiary/aromatic N) is 1. The molecule has 0 aromatic carbocycles. The third-order valence-corrected chi connectivity index (χ3v) is 4.87. The van der Waals surface area contributed by atoms with Crippen molar-refractivity contribution in [1.29, 1.82) is 0 Å². The van der Waals surface area contributed by atoms with Gasteiger partial charge >= 0.3 is 0 Å². The van der Waals surface area contributed by atoms with Crippen molar-refractivity contribution >= 4 is 5.84 Å². The van der Waals surface area contributed by atoms with Crippen LogP contribution in [-0.4, -0.2) is 34.8 Å². The molecule has 0 aromatic rings. The molecule has 5 N–H and O–H groups in total. The summed E-state index contributed by atoms with van der Waals surface area (Å²) in [6.07, 6.45) is 7.04. The number of aliphatic hydroxyl groups is 1. The average molecular weight is 299 g/mol. The highest BCUT2D eigenvalue weighted by Crippen LogP contribution is 2.31. The Morgan fingerprint density at radius 1 is 1.33 bits per heavy atom. The summed E-state index contributed by atoms with van der Waals surface area (Å²) in [5.41, 5.74) is 4.91. The lowest BCUT2D eigenvalue weighted by molar-refractivity contribution is -0.00597. The van der Waals surface area contributed by atoms with Crippen molar-refractivity contribution in [2.75, 3.05) is 13.1 Å². The van der Waals surface area contributed by atoms with Crippen LogP contribution in [0.4, 0.5) is 0 Å². The fourth-order valence-electron chi connectivity index (χ4n) is 2.88. The molecule has 0 spiro atoms. The standard InChI is InChI=1S/C16H33N3O2/c1-13-6-9-16(20,10-7-13)12-18-11-5-4-8-15(2,3)14(17)19-21/h13,18,20-21H,4-12H2,1-3H3,(H2,17,19). The van der Waals surface area contributed by atoms with Gasteiger partial charge in [0.1, 0.15) is 5.84 Å². The van der Waals surface area contributed by atoms with E-state index >= 15 is 0 Å². The van der Waals surface area contributed by atoms with Crippen LogP contribution < -0.4 is 11.1 Å². The van der Waals surface area contributed by atoms with E-state index in [2.05, 4.69) is 17.4 Å². The Labute approximate surface area is 129 Å². The molecule has 0 heterocycles. The van der Waals surface area contributed by atoms with Crippen molar-refractivity contribution in [3.63, 3.8) is 0 Å². The number of oxime groups is 1. The quantitative estimate of drug-likeness (QED) is 0.182. The molecular weight excluding hydrogens is 266 g/mol. The zero-order valence-corrected chi connectivity index (χ0v) is 13.9. The summed E-state index contributed by atoms with van der Waals surface area (Å²) in [5.74, 6) is 1.05. The van der Waals surface area contributed by atoms with Crippen molar-refractivity contribution in [2.24, 2.45) is 22.2 Å². The van der Waals surface area contributed by atoms with Crippen molar-refractivity contribution in [1.82, 2.24) is 5.32 Å². The molecule has 1 aliphatic rings. The Hall–Kier alpha value is -0.810. The second kappa shape index (κ2) is 7.99. The molecule has 0 bridgehead atoms. The monoisotopic (exact) mass is 299 g/mol. The van der Waals surface area contributed by atoms with Gasteiger partial charge in [-0.15, -0.1) is 0 Å². The molecule has 21 heavy (non-hydrogen) atoms. The molecule has 1 fully saturated rings. The highest BCUT2D eigenvalue weighted by Gasteiger charge is 2.31. The molecule has 1 rings (SSSR count). The summed E-state index contributed by atoms with van der Waals surface area (Å²) in [6.45, 7) is 7.84. The zero-order chi connectivity index (χ0) is 15.9. The molecule has 0 aromatic heterocycles. The van der Waals surface area contributed by atoms with E-state index in [1.807, 2.05) is 13.8 Å². The third-order valence-electron chi connectivity index (χ3n) is 4.87. The van der Waals surface area contributed by atoms with Crippen molar-refractivity contribution < 1.29 is 10.3 Å². The molecule has 0 radical (unpaired) electrons. The van der Waals surface area contributed by atoms with Gasteiger partial charge in [0.25, 0.3) is 0 Å². The topological polar surface area (TPSA) is 90.9 Å². The van der Waals surface area contributed by atoms with Crippen LogP contribution in [-0.2, 0) is 0 Å². The number of nitrogens with one attached hydrogen (secondary N) is 1. The predicted octanol–water partition coefficient (Wildman–Crippen LogP) is 2.46. The van der Waals surface area contributed by atoms with Gasteiger partial charge in [-0.1, -0.05) is 32.3 Å². The lowest BCUT2D eigenvalue weighted by Crippen LogP contribution is -2.43. The number of hydrogen-bond donors (Lipinski definition) is 4. The van der Waals surface area contributed by atoms with Crippen LogP contribution in [0.15, 0.2) is 5.16 Å². The van der Waals surface area contributed by atoms with Gasteiger partial charge in [0.15, 0.2) is 0 Å². The molecule has 0 saturated heterocycles. The summed E-state index contributed by atoms with van der Waals surface area (Å²) in [5, 5.41) is 25.7. The van der Waals surface area contributed by atoms with Crippen LogP contribution in [0.5, 0.6) is 0 Å². The van der Waals surface area contributed by atoms with E-state index < -0.39 is 5.60 Å². The SMILES string of the molecule is CC1CCC(O)(CNCCCCC(C)(C)C(N)=NO)CC1. The first-order valence-corrected chi connectivity index (χ1v) is 8.20. The van der Waals surface area contributed by atoms with Gasteiger partial charge in [0, 0.05) is 12.0 Å². The highest BCUT2D eigenvalue weighted by molar-refractivity contribution is 5.85. The zero-order valence-electron chi connectivity index (χ0n) is 13.9. The number of unbranched alkanes of at least 4 members (excludes halogenated alkanes) is 1. The normalized spacial score (nSPS) is 27.8. The van der Waals surface area contributed by atoms with Crippen LogP contribution in [0.3, 0.4) is 0 Å². The lowest BCUT2D eigenvalue weighted by atomic mass is 9.79. The van der Waals surface area contributed by atoms with Crippen LogP contribution in [0, 0.1) is 11.3 Å². The van der Waals surface area contributed by atoms with Gasteiger partial charge < -0.3 is 21.4 Å². The lowest BCUT2D eigenvalue weighted by Gasteiger charge is -2.35. The van der Waals surface area contributed by atoms with E-state index in [0.29, 0.717) is 12.4 Å². The Kier molecular flexibility index (Phi) is 6.94. The first-order chi connectivity index (χ1) is 9.79. The smallest absolute Gasteiger partial charge is 0.144 e. The fraction of sp³-hybridized carbons (Fsp3) is 0.938. The van der Waals surface area contributed by atoms with Gasteiger partial charge in [-0.3, -0.25) is 0 Å². The first kappa shape index (κ1) is 18.2. The Morgan fingerprint density at radius 2 is 1.95 bits per heavy atom. The molecule has 0 unspecified atom stereocenters. The minimum absolute atomic E-state index is 0.257. The average Bonchev–Trinajstić information content (AvgIpc) is 2.45. The van der Waals surface area contributed by atoms with Crippen molar-refractivity contribution in [3.05, 3.63) is 0 Å². The second-order valence-corrected chi connectivity index (χ2v) is 7.41. The van der Waals surface area contributed by atoms with Crippen LogP contribution in [0.25, 0.3) is 0 Å². The largest absolute Gasteiger partial charge is 0.409 e. The van der Waals surface area contributed by atoms with Gasteiger partial charge in [0.2, 0.25) is 0 Å². The minimum Gasteiger partial charge on any atom is -0.409 e. The number of nitrogens with two attached hydrogens (primary N) is 1. The molecule has 5 heteroatoms. The summed E-state index contributed by atoms with van der Waals surface area (Å²) < 4.78 is 0. The van der Waals surface area contributed by atoms with Crippen LogP contribution in [0.2, 0.25) is 0 Å². The predicted molar refractivity (Wildman–Crippen MR) is 86.5 cm³/mol. The van der Waals surface area contributed by atoms with Gasteiger partial charge in [-0.05, 0) is 51.0 Å². The molecule has 124 valence electrons. The molecule has 5 nitrogen and oxygen atoms in total.